The van der Waals surface area contributed by atoms with Gasteiger partial charge < -0.3 is 10.0 Å². The average Bonchev–Trinajstić information content (AvgIpc) is 2.69. The zero-order valence-corrected chi connectivity index (χ0v) is 15.3. The minimum atomic E-state index is -0.997. The molecule has 2 aromatic carbocycles. The fourth-order valence-electron chi connectivity index (χ4n) is 3.40. The third kappa shape index (κ3) is 3.18. The quantitative estimate of drug-likeness (QED) is 0.722. The number of hydrogen-bond acceptors (Lipinski definition) is 3. The van der Waals surface area contributed by atoms with Crippen LogP contribution in [-0.2, 0) is 11.3 Å². The Kier molecular flexibility index (Phi) is 4.49. The first-order valence-electron chi connectivity index (χ1n) is 8.92. The summed E-state index contributed by atoms with van der Waals surface area (Å²) in [6.07, 6.45) is 3.95. The Hall–Kier alpha value is -3.73. The summed E-state index contributed by atoms with van der Waals surface area (Å²) in [6, 6.07) is 18.2. The van der Waals surface area contributed by atoms with Crippen LogP contribution in [0.25, 0.3) is 23.4 Å². The maximum Gasteiger partial charge on any atom is 0.336 e. The molecular formula is C23H18N2O3. The van der Waals surface area contributed by atoms with Gasteiger partial charge in [0.15, 0.2) is 0 Å². The van der Waals surface area contributed by atoms with Gasteiger partial charge in [0.2, 0.25) is 5.91 Å². The minimum absolute atomic E-state index is 0.0770. The number of nitrogens with zero attached hydrogens (tertiary/aromatic N) is 2. The molecule has 0 fully saturated rings. The van der Waals surface area contributed by atoms with Gasteiger partial charge in [-0.15, -0.1) is 0 Å². The lowest BCUT2D eigenvalue weighted by atomic mass is 10.0. The molecule has 0 radical (unpaired) electrons. The van der Waals surface area contributed by atoms with E-state index in [4.69, 9.17) is 4.98 Å². The van der Waals surface area contributed by atoms with Gasteiger partial charge in [-0.3, -0.25) is 9.78 Å². The lowest BCUT2D eigenvalue weighted by molar-refractivity contribution is -0.116. The SMILES string of the molecule is CC(=O)N1Cc2nc(-c3ccccc3C(=O)O)ccc2C=Cc2ccccc21. The molecule has 0 aliphatic carbocycles. The first-order valence-corrected chi connectivity index (χ1v) is 8.92. The monoisotopic (exact) mass is 370 g/mol. The van der Waals surface area contributed by atoms with E-state index in [2.05, 4.69) is 0 Å². The van der Waals surface area contributed by atoms with Crippen LogP contribution >= 0.6 is 0 Å². The number of hydrogen-bond donors (Lipinski definition) is 1. The van der Waals surface area contributed by atoms with Crippen molar-refractivity contribution in [3.8, 4) is 11.3 Å². The Morgan fingerprint density at radius 1 is 0.929 bits per heavy atom. The maximum atomic E-state index is 12.3. The van der Waals surface area contributed by atoms with E-state index in [-0.39, 0.29) is 11.5 Å². The smallest absolute Gasteiger partial charge is 0.336 e. The molecule has 1 aromatic heterocycles. The van der Waals surface area contributed by atoms with Gasteiger partial charge in [0.05, 0.1) is 29.2 Å². The molecule has 1 N–H and O–H groups in total. The number of carboxylic acids is 1. The second kappa shape index (κ2) is 7.12. The van der Waals surface area contributed by atoms with E-state index in [0.29, 0.717) is 17.8 Å². The highest BCUT2D eigenvalue weighted by Crippen LogP contribution is 2.30. The summed E-state index contributed by atoms with van der Waals surface area (Å²) in [4.78, 5) is 30.3. The van der Waals surface area contributed by atoms with E-state index in [9.17, 15) is 14.7 Å². The maximum absolute atomic E-state index is 12.3. The third-order valence-electron chi connectivity index (χ3n) is 4.80. The molecule has 1 aliphatic heterocycles. The van der Waals surface area contributed by atoms with Crippen molar-refractivity contribution in [2.24, 2.45) is 0 Å². The highest BCUT2D eigenvalue weighted by atomic mass is 16.4. The van der Waals surface area contributed by atoms with Crippen LogP contribution in [0.4, 0.5) is 5.69 Å². The largest absolute Gasteiger partial charge is 0.478 e. The van der Waals surface area contributed by atoms with Gasteiger partial charge in [-0.2, -0.15) is 0 Å². The number of carbonyl (C=O) groups is 2. The molecule has 28 heavy (non-hydrogen) atoms. The van der Waals surface area contributed by atoms with Crippen LogP contribution in [0.5, 0.6) is 0 Å². The van der Waals surface area contributed by atoms with E-state index in [1.54, 1.807) is 29.2 Å². The van der Waals surface area contributed by atoms with Crippen LogP contribution < -0.4 is 4.90 Å². The average molecular weight is 370 g/mol. The van der Waals surface area contributed by atoms with Crippen molar-refractivity contribution in [1.82, 2.24) is 4.98 Å². The van der Waals surface area contributed by atoms with Gasteiger partial charge in [0.25, 0.3) is 0 Å². The van der Waals surface area contributed by atoms with Crippen molar-refractivity contribution in [2.75, 3.05) is 4.90 Å². The molecule has 0 unspecified atom stereocenters. The fourth-order valence-corrected chi connectivity index (χ4v) is 3.40. The van der Waals surface area contributed by atoms with Crippen molar-refractivity contribution in [3.05, 3.63) is 83.0 Å². The number of aromatic nitrogens is 1. The minimum Gasteiger partial charge on any atom is -0.478 e. The number of benzene rings is 2. The number of anilines is 1. The fraction of sp³-hybridized carbons (Fsp3) is 0.0870. The second-order valence-corrected chi connectivity index (χ2v) is 6.58. The topological polar surface area (TPSA) is 70.5 Å². The number of fused-ring (bicyclic) bond motifs is 2. The second-order valence-electron chi connectivity index (χ2n) is 6.58. The first-order chi connectivity index (χ1) is 13.5. The number of amides is 1. The third-order valence-corrected chi connectivity index (χ3v) is 4.80. The van der Waals surface area contributed by atoms with Crippen LogP contribution in [0.15, 0.2) is 60.7 Å². The van der Waals surface area contributed by atoms with Crippen molar-refractivity contribution in [3.63, 3.8) is 0 Å². The Bertz CT molecular complexity index is 1120. The Morgan fingerprint density at radius 3 is 2.43 bits per heavy atom. The summed E-state index contributed by atoms with van der Waals surface area (Å²) in [5, 5.41) is 9.48. The van der Waals surface area contributed by atoms with Crippen molar-refractivity contribution in [1.29, 1.82) is 0 Å². The number of para-hydroxylation sites is 1. The summed E-state index contributed by atoms with van der Waals surface area (Å²) in [5.74, 6) is -1.07. The van der Waals surface area contributed by atoms with Crippen LogP contribution in [0.3, 0.4) is 0 Å². The van der Waals surface area contributed by atoms with Gasteiger partial charge in [-0.05, 0) is 29.3 Å². The number of aromatic carboxylic acids is 1. The predicted molar refractivity (Wildman–Crippen MR) is 109 cm³/mol. The van der Waals surface area contributed by atoms with Crippen LogP contribution in [-0.4, -0.2) is 22.0 Å². The molecule has 0 atom stereocenters. The molecule has 1 aliphatic rings. The molecule has 138 valence electrons. The van der Waals surface area contributed by atoms with Crippen molar-refractivity contribution in [2.45, 2.75) is 13.5 Å². The Balaban J connectivity index is 1.85. The van der Waals surface area contributed by atoms with Gasteiger partial charge >= 0.3 is 5.97 Å². The molecule has 0 bridgehead atoms. The lowest BCUT2D eigenvalue weighted by Crippen LogP contribution is -2.29. The van der Waals surface area contributed by atoms with Crippen LogP contribution in [0.1, 0.15) is 34.1 Å². The number of carbonyl (C=O) groups excluding carboxylic acids is 1. The molecule has 5 nitrogen and oxygen atoms in total. The molecule has 4 rings (SSSR count). The van der Waals surface area contributed by atoms with Crippen molar-refractivity contribution >= 4 is 29.7 Å². The summed E-state index contributed by atoms with van der Waals surface area (Å²) >= 11 is 0. The highest BCUT2D eigenvalue weighted by Gasteiger charge is 2.20. The van der Waals surface area contributed by atoms with E-state index in [1.165, 1.54) is 6.92 Å². The standard InChI is InChI=1S/C23H18N2O3/c1-15(26)25-14-21-16(10-11-17-6-2-5-9-22(17)25)12-13-20(24-21)18-7-3-4-8-19(18)23(27)28/h2-13H,14H2,1H3,(H,27,28). The molecule has 0 saturated heterocycles. The summed E-state index contributed by atoms with van der Waals surface area (Å²) < 4.78 is 0. The summed E-state index contributed by atoms with van der Waals surface area (Å²) in [5.41, 5.74) is 4.74. The number of pyridine rings is 1. The first kappa shape index (κ1) is 17.7. The lowest BCUT2D eigenvalue weighted by Gasteiger charge is -2.25. The molecule has 1 amide bonds. The van der Waals surface area contributed by atoms with Crippen LogP contribution in [0, 0.1) is 0 Å². The number of carboxylic acid groups (broad SMARTS) is 1. The Morgan fingerprint density at radius 2 is 1.64 bits per heavy atom. The molecular weight excluding hydrogens is 352 g/mol. The van der Waals surface area contributed by atoms with Crippen molar-refractivity contribution < 1.29 is 14.7 Å². The van der Waals surface area contributed by atoms with Gasteiger partial charge in [0.1, 0.15) is 0 Å². The van der Waals surface area contributed by atoms with E-state index in [0.717, 1.165) is 22.5 Å². The highest BCUT2D eigenvalue weighted by molar-refractivity contribution is 5.96. The number of rotatable bonds is 2. The van der Waals surface area contributed by atoms with E-state index < -0.39 is 5.97 Å². The zero-order chi connectivity index (χ0) is 19.7. The van der Waals surface area contributed by atoms with Gasteiger partial charge in [-0.1, -0.05) is 54.6 Å². The summed E-state index contributed by atoms with van der Waals surface area (Å²) in [6.45, 7) is 1.85. The van der Waals surface area contributed by atoms with Gasteiger partial charge in [0, 0.05) is 12.5 Å². The van der Waals surface area contributed by atoms with Gasteiger partial charge in [-0.25, -0.2) is 4.79 Å². The predicted octanol–water partition coefficient (Wildman–Crippen LogP) is 4.48. The Labute approximate surface area is 162 Å². The molecule has 5 heteroatoms. The van der Waals surface area contributed by atoms with Crippen LogP contribution in [0.2, 0.25) is 0 Å². The van der Waals surface area contributed by atoms with E-state index >= 15 is 0 Å². The zero-order valence-electron chi connectivity index (χ0n) is 15.3. The normalized spacial score (nSPS) is 12.5. The molecule has 3 aromatic rings. The summed E-state index contributed by atoms with van der Waals surface area (Å²) in [7, 11) is 0. The molecule has 0 spiro atoms. The molecule has 0 saturated carbocycles. The van der Waals surface area contributed by atoms with E-state index in [1.807, 2.05) is 48.6 Å². The molecule has 2 heterocycles.